The molecule has 0 aromatic heterocycles. The molecule has 0 saturated heterocycles. The van der Waals surface area contributed by atoms with Crippen molar-refractivity contribution in [3.63, 3.8) is 0 Å². The van der Waals surface area contributed by atoms with E-state index in [9.17, 15) is 18.0 Å². The third kappa shape index (κ3) is 6.38. The van der Waals surface area contributed by atoms with E-state index in [2.05, 4.69) is 16.0 Å². The van der Waals surface area contributed by atoms with Crippen LogP contribution in [0.15, 0.2) is 29.2 Å². The van der Waals surface area contributed by atoms with Gasteiger partial charge in [-0.15, -0.1) is 6.42 Å². The third-order valence-electron chi connectivity index (χ3n) is 4.22. The number of aryl methyl sites for hydroxylation is 1. The fourth-order valence-corrected chi connectivity index (χ4v) is 3.49. The van der Waals surface area contributed by atoms with Crippen molar-refractivity contribution in [1.29, 1.82) is 0 Å². The SMILES string of the molecule is C#CC(CC)(CC)NC(=O)COC(=O)[C@H](C)NS(=O)(=O)c1ccc(C)cc1. The minimum Gasteiger partial charge on any atom is -0.454 e. The van der Waals surface area contributed by atoms with Crippen molar-refractivity contribution in [3.8, 4) is 12.3 Å². The highest BCUT2D eigenvalue weighted by Crippen LogP contribution is 2.13. The number of amides is 1. The highest BCUT2D eigenvalue weighted by Gasteiger charge is 2.27. The summed E-state index contributed by atoms with van der Waals surface area (Å²) in [6.45, 7) is 6.32. The molecular formula is C19H26N2O5S. The zero-order valence-corrected chi connectivity index (χ0v) is 16.9. The molecule has 0 heterocycles. The zero-order chi connectivity index (χ0) is 20.7. The second kappa shape index (κ2) is 9.53. The summed E-state index contributed by atoms with van der Waals surface area (Å²) in [5, 5.41) is 2.66. The van der Waals surface area contributed by atoms with E-state index in [4.69, 9.17) is 11.2 Å². The number of hydrogen-bond acceptors (Lipinski definition) is 5. The highest BCUT2D eigenvalue weighted by atomic mass is 32.2. The lowest BCUT2D eigenvalue weighted by molar-refractivity contribution is -0.150. The molecule has 2 N–H and O–H groups in total. The quantitative estimate of drug-likeness (QED) is 0.488. The Morgan fingerprint density at radius 3 is 2.26 bits per heavy atom. The van der Waals surface area contributed by atoms with E-state index in [0.717, 1.165) is 5.56 Å². The molecule has 0 unspecified atom stereocenters. The van der Waals surface area contributed by atoms with Gasteiger partial charge in [-0.25, -0.2) is 8.42 Å². The molecule has 0 aliphatic heterocycles. The maximum Gasteiger partial charge on any atom is 0.324 e. The molecule has 0 aliphatic rings. The molecule has 0 spiro atoms. The van der Waals surface area contributed by atoms with Crippen molar-refractivity contribution >= 4 is 21.9 Å². The molecule has 0 saturated carbocycles. The van der Waals surface area contributed by atoms with E-state index in [1.54, 1.807) is 12.1 Å². The van der Waals surface area contributed by atoms with Crippen molar-refractivity contribution in [3.05, 3.63) is 29.8 Å². The molecule has 0 radical (unpaired) electrons. The monoisotopic (exact) mass is 394 g/mol. The number of carbonyl (C=O) groups is 2. The van der Waals surface area contributed by atoms with Gasteiger partial charge in [-0.2, -0.15) is 4.72 Å². The lowest BCUT2D eigenvalue weighted by Gasteiger charge is -2.27. The second-order valence-corrected chi connectivity index (χ2v) is 7.96. The van der Waals surface area contributed by atoms with Crippen LogP contribution in [0.3, 0.4) is 0 Å². The number of hydrogen-bond donors (Lipinski definition) is 2. The first-order valence-corrected chi connectivity index (χ1v) is 10.1. The number of ether oxygens (including phenoxy) is 1. The Hall–Kier alpha value is -2.37. The normalized spacial score (nSPS) is 12.7. The van der Waals surface area contributed by atoms with Crippen LogP contribution in [0.2, 0.25) is 0 Å². The first-order chi connectivity index (χ1) is 12.6. The van der Waals surface area contributed by atoms with Gasteiger partial charge in [0.15, 0.2) is 6.61 Å². The fraction of sp³-hybridized carbons (Fsp3) is 0.474. The third-order valence-corrected chi connectivity index (χ3v) is 5.78. The first kappa shape index (κ1) is 22.7. The van der Waals surface area contributed by atoms with Crippen LogP contribution in [-0.2, 0) is 24.3 Å². The molecule has 148 valence electrons. The molecule has 8 heteroatoms. The summed E-state index contributed by atoms with van der Waals surface area (Å²) in [5.41, 5.74) is 0.122. The van der Waals surface area contributed by atoms with E-state index >= 15 is 0 Å². The molecule has 0 fully saturated rings. The molecule has 1 atom stereocenters. The average Bonchev–Trinajstić information content (AvgIpc) is 2.64. The van der Waals surface area contributed by atoms with Gasteiger partial charge < -0.3 is 10.1 Å². The smallest absolute Gasteiger partial charge is 0.324 e. The van der Waals surface area contributed by atoms with Crippen molar-refractivity contribution in [1.82, 2.24) is 10.0 Å². The maximum atomic E-state index is 12.3. The summed E-state index contributed by atoms with van der Waals surface area (Å²) in [6, 6.07) is 5.04. The van der Waals surface area contributed by atoms with Crippen molar-refractivity contribution in [2.24, 2.45) is 0 Å². The van der Waals surface area contributed by atoms with Gasteiger partial charge in [-0.05, 0) is 38.8 Å². The van der Waals surface area contributed by atoms with Crippen molar-refractivity contribution in [2.75, 3.05) is 6.61 Å². The molecular weight excluding hydrogens is 368 g/mol. The number of rotatable bonds is 9. The van der Waals surface area contributed by atoms with Crippen LogP contribution in [0.4, 0.5) is 0 Å². The number of carbonyl (C=O) groups excluding carboxylic acids is 2. The summed E-state index contributed by atoms with van der Waals surface area (Å²) in [5.74, 6) is 1.14. The standard InChI is InChI=1S/C19H26N2O5S/c1-6-19(7-2,8-3)20-17(22)13-26-18(23)15(5)21-27(24,25)16-11-9-14(4)10-12-16/h1,9-12,15,21H,7-8,13H2,2-5H3,(H,20,22)/t15-/m0/s1. The van der Waals surface area contributed by atoms with Gasteiger partial charge in [0.25, 0.3) is 5.91 Å². The van der Waals surface area contributed by atoms with E-state index in [0.29, 0.717) is 12.8 Å². The zero-order valence-electron chi connectivity index (χ0n) is 16.0. The average molecular weight is 394 g/mol. The molecule has 1 aromatic rings. The Bertz CT molecular complexity index is 805. The number of esters is 1. The van der Waals surface area contributed by atoms with Crippen LogP contribution in [0, 0.1) is 19.3 Å². The Labute approximate surface area is 160 Å². The van der Waals surface area contributed by atoms with E-state index in [1.165, 1.54) is 19.1 Å². The largest absolute Gasteiger partial charge is 0.454 e. The first-order valence-electron chi connectivity index (χ1n) is 8.63. The van der Waals surface area contributed by atoms with E-state index in [1.807, 2.05) is 20.8 Å². The fourth-order valence-electron chi connectivity index (χ4n) is 2.30. The van der Waals surface area contributed by atoms with Gasteiger partial charge in [0.05, 0.1) is 4.90 Å². The molecule has 1 amide bonds. The minimum absolute atomic E-state index is 0.0372. The Balaban J connectivity index is 2.63. The van der Waals surface area contributed by atoms with Gasteiger partial charge in [-0.3, -0.25) is 9.59 Å². The molecule has 0 aliphatic carbocycles. The second-order valence-electron chi connectivity index (χ2n) is 6.25. The molecule has 27 heavy (non-hydrogen) atoms. The van der Waals surface area contributed by atoms with Crippen LogP contribution in [0.5, 0.6) is 0 Å². The van der Waals surface area contributed by atoms with Crippen molar-refractivity contribution < 1.29 is 22.7 Å². The summed E-state index contributed by atoms with van der Waals surface area (Å²) in [4.78, 5) is 24.0. The summed E-state index contributed by atoms with van der Waals surface area (Å²) >= 11 is 0. The molecule has 1 aromatic carbocycles. The van der Waals surface area contributed by atoms with Crippen LogP contribution < -0.4 is 10.0 Å². The summed E-state index contributed by atoms with van der Waals surface area (Å²) in [7, 11) is -3.88. The van der Waals surface area contributed by atoms with Gasteiger partial charge in [0.1, 0.15) is 11.6 Å². The van der Waals surface area contributed by atoms with Gasteiger partial charge in [0, 0.05) is 0 Å². The summed E-state index contributed by atoms with van der Waals surface area (Å²) in [6.07, 6.45) is 6.53. The van der Waals surface area contributed by atoms with Crippen LogP contribution in [0.25, 0.3) is 0 Å². The maximum absolute atomic E-state index is 12.3. The predicted molar refractivity (Wildman–Crippen MR) is 102 cm³/mol. The van der Waals surface area contributed by atoms with Crippen molar-refractivity contribution in [2.45, 2.75) is 57.0 Å². The Kier molecular flexibility index (Phi) is 8.00. The summed E-state index contributed by atoms with van der Waals surface area (Å²) < 4.78 is 31.7. The Morgan fingerprint density at radius 1 is 1.22 bits per heavy atom. The molecule has 7 nitrogen and oxygen atoms in total. The predicted octanol–water partition coefficient (Wildman–Crippen LogP) is 1.51. The van der Waals surface area contributed by atoms with Gasteiger partial charge >= 0.3 is 5.97 Å². The Morgan fingerprint density at radius 2 is 1.78 bits per heavy atom. The van der Waals surface area contributed by atoms with Crippen LogP contribution >= 0.6 is 0 Å². The van der Waals surface area contributed by atoms with Crippen LogP contribution in [0.1, 0.15) is 39.2 Å². The molecule has 1 rings (SSSR count). The molecule has 0 bridgehead atoms. The number of terminal acetylenes is 1. The van der Waals surface area contributed by atoms with E-state index < -0.39 is 40.1 Å². The topological polar surface area (TPSA) is 102 Å². The number of sulfonamides is 1. The number of benzene rings is 1. The highest BCUT2D eigenvalue weighted by molar-refractivity contribution is 7.89. The van der Waals surface area contributed by atoms with Crippen LogP contribution in [-0.4, -0.2) is 38.5 Å². The minimum atomic E-state index is -3.88. The van der Waals surface area contributed by atoms with E-state index in [-0.39, 0.29) is 4.90 Å². The van der Waals surface area contributed by atoms with Gasteiger partial charge in [0.2, 0.25) is 10.0 Å². The lowest BCUT2D eigenvalue weighted by Crippen LogP contribution is -2.48. The lowest BCUT2D eigenvalue weighted by atomic mass is 9.94. The number of nitrogens with one attached hydrogen (secondary N) is 2. The van der Waals surface area contributed by atoms with Gasteiger partial charge in [-0.1, -0.05) is 37.5 Å².